The molecule has 5 nitrogen and oxygen atoms in total. The number of benzene rings is 1. The van der Waals surface area contributed by atoms with Gasteiger partial charge in [0.2, 0.25) is 5.91 Å². The number of piperidine rings is 2. The molecule has 1 aromatic rings. The SMILES string of the molecule is Cc1ccc(C(=O)N2CCC3(CCC(=O)N(C[C@@H]4CCCO4)C3)CC2)cc1C. The third kappa shape index (κ3) is 3.95. The summed E-state index contributed by atoms with van der Waals surface area (Å²) in [5.41, 5.74) is 3.34. The van der Waals surface area contributed by atoms with E-state index in [0.29, 0.717) is 6.42 Å². The molecule has 3 saturated heterocycles. The molecule has 0 aliphatic carbocycles. The first-order valence-corrected chi connectivity index (χ1v) is 10.7. The number of amides is 2. The maximum atomic E-state index is 12.9. The van der Waals surface area contributed by atoms with E-state index in [-0.39, 0.29) is 23.3 Å². The molecule has 0 aromatic heterocycles. The molecule has 3 fully saturated rings. The van der Waals surface area contributed by atoms with Crippen LogP contribution in [-0.2, 0) is 9.53 Å². The Morgan fingerprint density at radius 2 is 1.96 bits per heavy atom. The van der Waals surface area contributed by atoms with Crippen LogP contribution in [0.25, 0.3) is 0 Å². The first-order valence-electron chi connectivity index (χ1n) is 10.7. The molecular formula is C23H32N2O3. The third-order valence-corrected chi connectivity index (χ3v) is 7.06. The van der Waals surface area contributed by atoms with Crippen LogP contribution in [0.5, 0.6) is 0 Å². The minimum absolute atomic E-state index is 0.140. The first-order chi connectivity index (χ1) is 13.5. The molecule has 152 valence electrons. The van der Waals surface area contributed by atoms with Crippen molar-refractivity contribution in [2.24, 2.45) is 5.41 Å². The van der Waals surface area contributed by atoms with Crippen molar-refractivity contribution in [3.63, 3.8) is 0 Å². The number of carbonyl (C=O) groups excluding carboxylic acids is 2. The van der Waals surface area contributed by atoms with Gasteiger partial charge in [0.25, 0.3) is 5.91 Å². The van der Waals surface area contributed by atoms with Crippen molar-refractivity contribution in [1.29, 1.82) is 0 Å². The lowest BCUT2D eigenvalue weighted by Gasteiger charge is -2.47. The van der Waals surface area contributed by atoms with Crippen LogP contribution in [0, 0.1) is 19.3 Å². The average Bonchev–Trinajstić information content (AvgIpc) is 3.20. The minimum Gasteiger partial charge on any atom is -0.376 e. The molecule has 0 saturated carbocycles. The summed E-state index contributed by atoms with van der Waals surface area (Å²) in [6.45, 7) is 8.10. The Morgan fingerprint density at radius 1 is 1.18 bits per heavy atom. The zero-order valence-corrected chi connectivity index (χ0v) is 17.2. The summed E-state index contributed by atoms with van der Waals surface area (Å²) in [4.78, 5) is 29.4. The Bertz CT molecular complexity index is 746. The summed E-state index contributed by atoms with van der Waals surface area (Å²) in [5, 5.41) is 0. The molecule has 4 rings (SSSR count). The Hall–Kier alpha value is -1.88. The molecule has 0 radical (unpaired) electrons. The van der Waals surface area contributed by atoms with E-state index in [2.05, 4.69) is 13.8 Å². The summed E-state index contributed by atoms with van der Waals surface area (Å²) in [7, 11) is 0. The number of nitrogens with zero attached hydrogens (tertiary/aromatic N) is 2. The molecule has 3 aliphatic heterocycles. The summed E-state index contributed by atoms with van der Waals surface area (Å²) < 4.78 is 5.75. The van der Waals surface area contributed by atoms with Gasteiger partial charge in [0, 0.05) is 44.8 Å². The topological polar surface area (TPSA) is 49.9 Å². The van der Waals surface area contributed by atoms with Gasteiger partial charge in [-0.2, -0.15) is 0 Å². The Labute approximate surface area is 168 Å². The monoisotopic (exact) mass is 384 g/mol. The molecule has 0 N–H and O–H groups in total. The van der Waals surface area contributed by atoms with Gasteiger partial charge in [-0.15, -0.1) is 0 Å². The number of hydrogen-bond donors (Lipinski definition) is 0. The van der Waals surface area contributed by atoms with Gasteiger partial charge in [0.1, 0.15) is 0 Å². The van der Waals surface area contributed by atoms with Crippen molar-refractivity contribution in [2.75, 3.05) is 32.8 Å². The van der Waals surface area contributed by atoms with Gasteiger partial charge in [-0.3, -0.25) is 9.59 Å². The molecule has 2 amide bonds. The fraction of sp³-hybridized carbons (Fsp3) is 0.652. The fourth-order valence-corrected chi connectivity index (χ4v) is 4.95. The van der Waals surface area contributed by atoms with Crippen molar-refractivity contribution in [3.8, 4) is 0 Å². The number of rotatable bonds is 3. The number of likely N-dealkylation sites (tertiary alicyclic amines) is 2. The second-order valence-electron chi connectivity index (χ2n) is 9.00. The molecular weight excluding hydrogens is 352 g/mol. The van der Waals surface area contributed by atoms with Gasteiger partial charge in [0.05, 0.1) is 6.10 Å². The van der Waals surface area contributed by atoms with E-state index in [1.807, 2.05) is 28.0 Å². The lowest BCUT2D eigenvalue weighted by atomic mass is 9.72. The summed E-state index contributed by atoms with van der Waals surface area (Å²) in [6.07, 6.45) is 5.95. The molecule has 1 atom stereocenters. The van der Waals surface area contributed by atoms with E-state index in [0.717, 1.165) is 76.0 Å². The summed E-state index contributed by atoms with van der Waals surface area (Å²) >= 11 is 0. The molecule has 1 aromatic carbocycles. The second-order valence-corrected chi connectivity index (χ2v) is 9.00. The summed E-state index contributed by atoms with van der Waals surface area (Å²) in [6, 6.07) is 5.98. The van der Waals surface area contributed by atoms with E-state index in [1.54, 1.807) is 0 Å². The highest BCUT2D eigenvalue weighted by Gasteiger charge is 2.42. The van der Waals surface area contributed by atoms with Gasteiger partial charge in [-0.25, -0.2) is 0 Å². The quantitative estimate of drug-likeness (QED) is 0.803. The first kappa shape index (κ1) is 19.4. The van der Waals surface area contributed by atoms with Crippen molar-refractivity contribution in [2.45, 2.75) is 58.5 Å². The largest absolute Gasteiger partial charge is 0.376 e. The number of ether oxygens (including phenoxy) is 1. The van der Waals surface area contributed by atoms with Gasteiger partial charge in [-0.05, 0) is 74.6 Å². The van der Waals surface area contributed by atoms with Crippen LogP contribution in [0.15, 0.2) is 18.2 Å². The fourth-order valence-electron chi connectivity index (χ4n) is 4.95. The number of carbonyl (C=O) groups is 2. The van der Waals surface area contributed by atoms with Gasteiger partial charge < -0.3 is 14.5 Å². The zero-order chi connectivity index (χ0) is 19.7. The maximum absolute atomic E-state index is 12.9. The van der Waals surface area contributed by atoms with Crippen LogP contribution >= 0.6 is 0 Å². The third-order valence-electron chi connectivity index (χ3n) is 7.06. The highest BCUT2D eigenvalue weighted by atomic mass is 16.5. The van der Waals surface area contributed by atoms with Crippen molar-refractivity contribution < 1.29 is 14.3 Å². The molecule has 0 unspecified atom stereocenters. The van der Waals surface area contributed by atoms with Crippen molar-refractivity contribution in [1.82, 2.24) is 9.80 Å². The van der Waals surface area contributed by atoms with E-state index in [1.165, 1.54) is 5.56 Å². The molecule has 28 heavy (non-hydrogen) atoms. The summed E-state index contributed by atoms with van der Waals surface area (Å²) in [5.74, 6) is 0.413. The standard InChI is InChI=1S/C23H32N2O3/c1-17-5-6-19(14-18(17)2)22(27)24-11-9-23(10-12-24)8-7-21(26)25(16-23)15-20-4-3-13-28-20/h5-6,14,20H,3-4,7-13,15-16H2,1-2H3/t20-/m0/s1. The Kier molecular flexibility index (Phi) is 5.46. The molecule has 1 spiro atoms. The van der Waals surface area contributed by atoms with E-state index in [4.69, 9.17) is 4.74 Å². The second kappa shape index (κ2) is 7.86. The van der Waals surface area contributed by atoms with Crippen LogP contribution in [0.3, 0.4) is 0 Å². The van der Waals surface area contributed by atoms with Crippen LogP contribution in [0.1, 0.15) is 60.0 Å². The van der Waals surface area contributed by atoms with Gasteiger partial charge in [-0.1, -0.05) is 6.07 Å². The predicted molar refractivity (Wildman–Crippen MR) is 108 cm³/mol. The number of hydrogen-bond acceptors (Lipinski definition) is 3. The average molecular weight is 385 g/mol. The van der Waals surface area contributed by atoms with Crippen molar-refractivity contribution in [3.05, 3.63) is 34.9 Å². The van der Waals surface area contributed by atoms with Crippen LogP contribution in [0.2, 0.25) is 0 Å². The van der Waals surface area contributed by atoms with Gasteiger partial charge in [0.15, 0.2) is 0 Å². The van der Waals surface area contributed by atoms with Crippen LogP contribution in [-0.4, -0.2) is 60.5 Å². The van der Waals surface area contributed by atoms with E-state index < -0.39 is 0 Å². The predicted octanol–water partition coefficient (Wildman–Crippen LogP) is 3.33. The lowest BCUT2D eigenvalue weighted by Crippen LogP contribution is -2.53. The molecule has 5 heteroatoms. The zero-order valence-electron chi connectivity index (χ0n) is 17.2. The molecule has 3 heterocycles. The van der Waals surface area contributed by atoms with Crippen LogP contribution < -0.4 is 0 Å². The smallest absolute Gasteiger partial charge is 0.253 e. The maximum Gasteiger partial charge on any atom is 0.253 e. The van der Waals surface area contributed by atoms with Crippen LogP contribution in [0.4, 0.5) is 0 Å². The lowest BCUT2D eigenvalue weighted by molar-refractivity contribution is -0.141. The number of aryl methyl sites for hydroxylation is 2. The van der Waals surface area contributed by atoms with Crippen molar-refractivity contribution >= 4 is 11.8 Å². The Balaban J connectivity index is 1.37. The highest BCUT2D eigenvalue weighted by Crippen LogP contribution is 2.40. The Morgan fingerprint density at radius 3 is 2.64 bits per heavy atom. The van der Waals surface area contributed by atoms with E-state index in [9.17, 15) is 9.59 Å². The van der Waals surface area contributed by atoms with E-state index >= 15 is 0 Å². The molecule has 0 bridgehead atoms. The normalized spacial score (nSPS) is 24.8. The molecule has 3 aliphatic rings. The minimum atomic E-state index is 0.140. The van der Waals surface area contributed by atoms with Gasteiger partial charge >= 0.3 is 0 Å². The highest BCUT2D eigenvalue weighted by molar-refractivity contribution is 5.94.